The first-order valence-corrected chi connectivity index (χ1v) is 8.30. The van der Waals surface area contributed by atoms with Crippen LogP contribution in [0.25, 0.3) is 0 Å². The van der Waals surface area contributed by atoms with Gasteiger partial charge in [0.1, 0.15) is 11.5 Å². The first kappa shape index (κ1) is 20.0. The van der Waals surface area contributed by atoms with Crippen LogP contribution in [0, 0.1) is 0 Å². The monoisotopic (exact) mass is 482 g/mol. The van der Waals surface area contributed by atoms with Crippen molar-refractivity contribution in [1.29, 1.82) is 0 Å². The van der Waals surface area contributed by atoms with Crippen molar-refractivity contribution < 1.29 is 19.4 Å². The Morgan fingerprint density at radius 3 is 1.83 bits per heavy atom. The van der Waals surface area contributed by atoms with Crippen LogP contribution < -0.4 is 4.74 Å². The van der Waals surface area contributed by atoms with Crippen molar-refractivity contribution in [2.24, 2.45) is 0 Å². The van der Waals surface area contributed by atoms with E-state index in [1.165, 1.54) is 13.2 Å². The average Bonchev–Trinajstić information content (AvgIpc) is 2.54. The molecule has 0 fully saturated rings. The summed E-state index contributed by atoms with van der Waals surface area (Å²) in [7, 11) is 1.49. The highest BCUT2D eigenvalue weighted by molar-refractivity contribution is 9.10. The molecular weight excluding hydrogens is 475 g/mol. The lowest BCUT2D eigenvalue weighted by atomic mass is 10.2. The van der Waals surface area contributed by atoms with Gasteiger partial charge in [0.25, 0.3) is 0 Å². The third-order valence-corrected chi connectivity index (χ3v) is 4.57. The van der Waals surface area contributed by atoms with E-state index in [1.807, 2.05) is 0 Å². The Labute approximate surface area is 159 Å². The number of ether oxygens (including phenoxy) is 1. The van der Waals surface area contributed by atoms with E-state index in [0.717, 1.165) is 4.47 Å². The molecule has 1 N–H and O–H groups in total. The van der Waals surface area contributed by atoms with E-state index in [9.17, 15) is 14.7 Å². The van der Waals surface area contributed by atoms with E-state index in [2.05, 4.69) is 31.9 Å². The minimum absolute atomic E-state index is 0.112. The Morgan fingerprint density at radius 2 is 1.43 bits per heavy atom. The molecule has 0 radical (unpaired) electrons. The first-order valence-electron chi connectivity index (χ1n) is 5.96. The van der Waals surface area contributed by atoms with Gasteiger partial charge in [-0.1, -0.05) is 23.2 Å². The molecule has 4 nitrogen and oxygen atoms in total. The molecule has 0 saturated heterocycles. The third kappa shape index (κ3) is 4.94. The van der Waals surface area contributed by atoms with Crippen LogP contribution in [0.15, 0.2) is 33.2 Å². The van der Waals surface area contributed by atoms with Crippen LogP contribution in [-0.2, 0) is 0 Å². The molecule has 0 unspecified atom stereocenters. The van der Waals surface area contributed by atoms with Crippen LogP contribution in [0.1, 0.15) is 20.7 Å². The standard InChI is InChI=1S/C8H6BrClO2.C7H4BrClO2/c1-12-8-5(4-11)7(10)3-2-6(8)9;8-5-1-2-6(9)4(3-10)7(5)11/h2-4H,1H3;1-3,11H. The summed E-state index contributed by atoms with van der Waals surface area (Å²) in [6.07, 6.45) is 1.19. The van der Waals surface area contributed by atoms with Crippen molar-refractivity contribution in [2.45, 2.75) is 0 Å². The average molecular weight is 485 g/mol. The highest BCUT2D eigenvalue weighted by atomic mass is 79.9. The molecule has 0 aliphatic carbocycles. The SMILES string of the molecule is COc1c(Br)ccc(Cl)c1C=O.O=Cc1c(Cl)ccc(Br)c1O. The fourth-order valence-electron chi connectivity index (χ4n) is 1.54. The topological polar surface area (TPSA) is 63.6 Å². The van der Waals surface area contributed by atoms with E-state index < -0.39 is 0 Å². The predicted molar refractivity (Wildman–Crippen MR) is 97.3 cm³/mol. The summed E-state index contributed by atoms with van der Waals surface area (Å²) in [5.41, 5.74) is 0.481. The van der Waals surface area contributed by atoms with Gasteiger partial charge < -0.3 is 9.84 Å². The molecule has 0 spiro atoms. The zero-order valence-electron chi connectivity index (χ0n) is 11.6. The largest absolute Gasteiger partial charge is 0.506 e. The van der Waals surface area contributed by atoms with Gasteiger partial charge in [0.05, 0.1) is 37.2 Å². The maximum Gasteiger partial charge on any atom is 0.155 e. The fraction of sp³-hybridized carbons (Fsp3) is 0.0667. The Bertz CT molecular complexity index is 736. The van der Waals surface area contributed by atoms with Gasteiger partial charge in [-0.15, -0.1) is 0 Å². The molecule has 0 heterocycles. The van der Waals surface area contributed by atoms with Crippen LogP contribution >= 0.6 is 55.1 Å². The third-order valence-electron chi connectivity index (χ3n) is 2.65. The molecule has 23 heavy (non-hydrogen) atoms. The molecule has 0 aliphatic heterocycles. The lowest BCUT2D eigenvalue weighted by Crippen LogP contribution is -1.92. The van der Waals surface area contributed by atoms with E-state index in [-0.39, 0.29) is 16.3 Å². The summed E-state index contributed by atoms with van der Waals surface area (Å²) in [6, 6.07) is 6.48. The van der Waals surface area contributed by atoms with Gasteiger partial charge >= 0.3 is 0 Å². The van der Waals surface area contributed by atoms with Crippen LogP contribution in [0.2, 0.25) is 10.0 Å². The van der Waals surface area contributed by atoms with Crippen molar-refractivity contribution in [2.75, 3.05) is 7.11 Å². The number of methoxy groups -OCH3 is 1. The van der Waals surface area contributed by atoms with Crippen molar-refractivity contribution in [1.82, 2.24) is 0 Å². The van der Waals surface area contributed by atoms with Gasteiger partial charge in [-0.2, -0.15) is 0 Å². The van der Waals surface area contributed by atoms with Gasteiger partial charge in [-0.25, -0.2) is 0 Å². The van der Waals surface area contributed by atoms with Gasteiger partial charge in [-0.05, 0) is 56.1 Å². The van der Waals surface area contributed by atoms with Crippen LogP contribution in [0.3, 0.4) is 0 Å². The second kappa shape index (κ2) is 9.27. The summed E-state index contributed by atoms with van der Waals surface area (Å²) in [5, 5.41) is 9.86. The Balaban J connectivity index is 0.000000231. The highest BCUT2D eigenvalue weighted by Gasteiger charge is 2.10. The van der Waals surface area contributed by atoms with Crippen molar-refractivity contribution >= 4 is 67.6 Å². The molecular formula is C15H10Br2Cl2O4. The Kier molecular flexibility index (Phi) is 8.05. The number of aldehydes is 2. The second-order valence-corrected chi connectivity index (χ2v) is 6.53. The molecule has 0 bridgehead atoms. The lowest BCUT2D eigenvalue weighted by molar-refractivity contribution is 0.111. The molecule has 2 rings (SSSR count). The Hall–Kier alpha value is -1.08. The summed E-state index contributed by atoms with van der Waals surface area (Å²) >= 11 is 17.6. The molecule has 0 saturated carbocycles. The molecule has 0 aliphatic rings. The van der Waals surface area contributed by atoms with E-state index in [4.69, 9.17) is 27.9 Å². The number of hydrogen-bond acceptors (Lipinski definition) is 4. The molecule has 0 atom stereocenters. The number of rotatable bonds is 3. The van der Waals surface area contributed by atoms with Crippen LogP contribution in [0.4, 0.5) is 0 Å². The molecule has 122 valence electrons. The fourth-order valence-corrected chi connectivity index (χ4v) is 2.78. The van der Waals surface area contributed by atoms with Gasteiger partial charge in [0, 0.05) is 0 Å². The number of aromatic hydroxyl groups is 1. The number of phenols is 1. The van der Waals surface area contributed by atoms with Crippen molar-refractivity contribution in [3.63, 3.8) is 0 Å². The summed E-state index contributed by atoms with van der Waals surface area (Å²) in [4.78, 5) is 20.9. The maximum atomic E-state index is 10.6. The van der Waals surface area contributed by atoms with Crippen molar-refractivity contribution in [3.05, 3.63) is 54.4 Å². The number of halogens is 4. The highest BCUT2D eigenvalue weighted by Crippen LogP contribution is 2.32. The second-order valence-electron chi connectivity index (χ2n) is 4.00. The van der Waals surface area contributed by atoms with E-state index in [1.54, 1.807) is 18.2 Å². The summed E-state index contributed by atoms with van der Waals surface area (Å²) in [5.74, 6) is 0.352. The number of hydrogen-bond donors (Lipinski definition) is 1. The molecule has 2 aromatic rings. The zero-order chi connectivity index (χ0) is 17.6. The van der Waals surface area contributed by atoms with Crippen molar-refractivity contribution in [3.8, 4) is 11.5 Å². The minimum atomic E-state index is -0.118. The first-order chi connectivity index (χ1) is 10.9. The number of phenolic OH excluding ortho intramolecular Hbond substituents is 1. The van der Waals surface area contributed by atoms with Crippen LogP contribution in [0.5, 0.6) is 11.5 Å². The normalized spacial score (nSPS) is 9.61. The molecule has 2 aromatic carbocycles. The van der Waals surface area contributed by atoms with Gasteiger partial charge in [-0.3, -0.25) is 9.59 Å². The predicted octanol–water partition coefficient (Wildman–Crippen LogP) is 5.54. The maximum absolute atomic E-state index is 10.6. The van der Waals surface area contributed by atoms with Crippen LogP contribution in [-0.4, -0.2) is 24.8 Å². The summed E-state index contributed by atoms with van der Waals surface area (Å²) in [6.45, 7) is 0. The smallest absolute Gasteiger partial charge is 0.155 e. The molecule has 8 heteroatoms. The lowest BCUT2D eigenvalue weighted by Gasteiger charge is -2.06. The molecule has 0 aromatic heterocycles. The van der Waals surface area contributed by atoms with Gasteiger partial charge in [0.15, 0.2) is 12.6 Å². The number of benzene rings is 2. The quantitative estimate of drug-likeness (QED) is 0.581. The van der Waals surface area contributed by atoms with E-state index in [0.29, 0.717) is 33.4 Å². The van der Waals surface area contributed by atoms with E-state index >= 15 is 0 Å². The zero-order valence-corrected chi connectivity index (χ0v) is 16.3. The minimum Gasteiger partial charge on any atom is -0.506 e. The molecule has 0 amide bonds. The number of carbonyl (C=O) groups excluding carboxylic acids is 2. The summed E-state index contributed by atoms with van der Waals surface area (Å²) < 4.78 is 6.17. The van der Waals surface area contributed by atoms with Gasteiger partial charge in [0.2, 0.25) is 0 Å². The Morgan fingerprint density at radius 1 is 0.957 bits per heavy atom. The number of carbonyl (C=O) groups is 2.